The molecule has 1 unspecified atom stereocenters. The average molecular weight is 268 g/mol. The van der Waals surface area contributed by atoms with Gasteiger partial charge in [-0.1, -0.05) is 0 Å². The molecule has 104 valence electrons. The normalized spacial score (nSPS) is 11.7. The number of hydrogen-bond acceptors (Lipinski definition) is 4. The first-order valence-corrected chi connectivity index (χ1v) is 5.74. The third-order valence-corrected chi connectivity index (χ3v) is 2.58. The first-order chi connectivity index (χ1) is 8.93. The molecule has 7 heteroatoms. The van der Waals surface area contributed by atoms with Crippen molar-refractivity contribution >= 4 is 17.8 Å². The van der Waals surface area contributed by atoms with Gasteiger partial charge in [0.1, 0.15) is 12.3 Å². The second-order valence-corrected chi connectivity index (χ2v) is 4.01. The van der Waals surface area contributed by atoms with Gasteiger partial charge in [0.2, 0.25) is 5.91 Å². The summed E-state index contributed by atoms with van der Waals surface area (Å²) >= 11 is 0. The highest BCUT2D eigenvalue weighted by atomic mass is 16.4. The van der Waals surface area contributed by atoms with Gasteiger partial charge in [0, 0.05) is 20.0 Å². The predicted molar refractivity (Wildman–Crippen MR) is 65.5 cm³/mol. The van der Waals surface area contributed by atoms with E-state index >= 15 is 0 Å². The van der Waals surface area contributed by atoms with Gasteiger partial charge in [0.25, 0.3) is 5.91 Å². The molecular formula is C12H16N2O5. The molecule has 1 aromatic heterocycles. The number of carbonyl (C=O) groups excluding carboxylic acids is 2. The fourth-order valence-corrected chi connectivity index (χ4v) is 1.51. The number of hydrogen-bond donors (Lipinski definition) is 2. The Kier molecular flexibility index (Phi) is 5.11. The van der Waals surface area contributed by atoms with Gasteiger partial charge in [-0.15, -0.1) is 0 Å². The Hall–Kier alpha value is -2.31. The van der Waals surface area contributed by atoms with E-state index < -0.39 is 17.9 Å². The summed E-state index contributed by atoms with van der Waals surface area (Å²) in [6.07, 6.45) is 2.59. The van der Waals surface area contributed by atoms with E-state index in [0.29, 0.717) is 0 Å². The van der Waals surface area contributed by atoms with Crippen molar-refractivity contribution in [3.63, 3.8) is 0 Å². The third kappa shape index (κ3) is 4.13. The zero-order chi connectivity index (χ0) is 14.4. The third-order valence-electron chi connectivity index (χ3n) is 2.58. The van der Waals surface area contributed by atoms with E-state index in [1.807, 2.05) is 0 Å². The molecule has 0 aliphatic carbocycles. The summed E-state index contributed by atoms with van der Waals surface area (Å²) in [6.45, 7) is 3.06. The molecule has 2 N–H and O–H groups in total. The Bertz CT molecular complexity index is 455. The first kappa shape index (κ1) is 14.7. The van der Waals surface area contributed by atoms with E-state index in [0.717, 1.165) is 0 Å². The van der Waals surface area contributed by atoms with Gasteiger partial charge in [-0.25, -0.2) is 4.79 Å². The summed E-state index contributed by atoms with van der Waals surface area (Å²) in [5, 5.41) is 11.5. The van der Waals surface area contributed by atoms with Crippen LogP contribution in [-0.4, -0.2) is 46.9 Å². The molecule has 0 radical (unpaired) electrons. The maximum Gasteiger partial charge on any atom is 0.326 e. The van der Waals surface area contributed by atoms with Crippen LogP contribution >= 0.6 is 0 Å². The summed E-state index contributed by atoms with van der Waals surface area (Å²) in [5.74, 6) is -1.80. The zero-order valence-electron chi connectivity index (χ0n) is 10.8. The van der Waals surface area contributed by atoms with Crippen LogP contribution in [0.15, 0.2) is 23.0 Å². The molecule has 0 saturated carbocycles. The second kappa shape index (κ2) is 6.58. The molecule has 0 fully saturated rings. The molecule has 0 aliphatic rings. The average Bonchev–Trinajstić information content (AvgIpc) is 2.86. The van der Waals surface area contributed by atoms with Crippen LogP contribution in [0, 0.1) is 0 Å². The van der Waals surface area contributed by atoms with E-state index in [1.165, 1.54) is 37.3 Å². The highest BCUT2D eigenvalue weighted by Gasteiger charge is 2.26. The lowest BCUT2D eigenvalue weighted by molar-refractivity contribution is -0.141. The number of carbonyl (C=O) groups is 3. The number of nitrogens with zero attached hydrogens (tertiary/aromatic N) is 1. The Labute approximate surface area is 110 Å². The van der Waals surface area contributed by atoms with E-state index in [9.17, 15) is 14.4 Å². The summed E-state index contributed by atoms with van der Waals surface area (Å²) in [4.78, 5) is 35.1. The molecule has 1 rings (SSSR count). The molecule has 1 aromatic rings. The minimum Gasteiger partial charge on any atom is -0.480 e. The van der Waals surface area contributed by atoms with Crippen LogP contribution in [0.25, 0.3) is 0 Å². The molecule has 0 bridgehead atoms. The number of rotatable bonds is 6. The number of furan rings is 1. The fourth-order valence-electron chi connectivity index (χ4n) is 1.51. The lowest BCUT2D eigenvalue weighted by atomic mass is 10.2. The Morgan fingerprint density at radius 2 is 2.16 bits per heavy atom. The van der Waals surface area contributed by atoms with Gasteiger partial charge in [-0.05, 0) is 13.0 Å². The molecular weight excluding hydrogens is 252 g/mol. The van der Waals surface area contributed by atoms with Crippen molar-refractivity contribution in [3.8, 4) is 0 Å². The molecule has 19 heavy (non-hydrogen) atoms. The Morgan fingerprint density at radius 3 is 2.63 bits per heavy atom. The molecule has 0 aromatic carbocycles. The van der Waals surface area contributed by atoms with Crippen LogP contribution in [0.5, 0.6) is 0 Å². The molecule has 1 heterocycles. The van der Waals surface area contributed by atoms with Crippen molar-refractivity contribution in [1.29, 1.82) is 0 Å². The van der Waals surface area contributed by atoms with E-state index in [2.05, 4.69) is 5.32 Å². The zero-order valence-corrected chi connectivity index (χ0v) is 10.8. The monoisotopic (exact) mass is 268 g/mol. The SMILES string of the molecule is CC(=O)NCCN(C(=O)c1ccoc1)C(C)C(=O)O. The number of amides is 2. The van der Waals surface area contributed by atoms with Crippen molar-refractivity contribution in [2.75, 3.05) is 13.1 Å². The van der Waals surface area contributed by atoms with Gasteiger partial charge in [-0.2, -0.15) is 0 Å². The number of nitrogens with one attached hydrogen (secondary N) is 1. The van der Waals surface area contributed by atoms with Crippen molar-refractivity contribution in [1.82, 2.24) is 10.2 Å². The van der Waals surface area contributed by atoms with Crippen molar-refractivity contribution < 1.29 is 23.9 Å². The quantitative estimate of drug-likeness (QED) is 0.774. The summed E-state index contributed by atoms with van der Waals surface area (Å²) in [6, 6.07) is 0.471. The molecule has 1 atom stereocenters. The van der Waals surface area contributed by atoms with Gasteiger partial charge < -0.3 is 19.7 Å². The van der Waals surface area contributed by atoms with Crippen molar-refractivity contribution in [2.24, 2.45) is 0 Å². The predicted octanol–water partition coefficient (Wildman–Crippen LogP) is 0.331. The van der Waals surface area contributed by atoms with Crippen LogP contribution in [0.2, 0.25) is 0 Å². The minimum absolute atomic E-state index is 0.108. The lowest BCUT2D eigenvalue weighted by Crippen LogP contribution is -2.46. The molecule has 0 aliphatic heterocycles. The summed E-state index contributed by atoms with van der Waals surface area (Å²) in [7, 11) is 0. The maximum atomic E-state index is 12.1. The number of carboxylic acids is 1. The second-order valence-electron chi connectivity index (χ2n) is 4.01. The Morgan fingerprint density at radius 1 is 1.47 bits per heavy atom. The lowest BCUT2D eigenvalue weighted by Gasteiger charge is -2.26. The molecule has 0 spiro atoms. The molecule has 7 nitrogen and oxygen atoms in total. The van der Waals surface area contributed by atoms with Crippen LogP contribution in [0.4, 0.5) is 0 Å². The van der Waals surface area contributed by atoms with Gasteiger partial charge in [-0.3, -0.25) is 9.59 Å². The largest absolute Gasteiger partial charge is 0.480 e. The van der Waals surface area contributed by atoms with Crippen LogP contribution in [-0.2, 0) is 9.59 Å². The van der Waals surface area contributed by atoms with Crippen LogP contribution in [0.3, 0.4) is 0 Å². The highest BCUT2D eigenvalue weighted by Crippen LogP contribution is 2.09. The van der Waals surface area contributed by atoms with Crippen LogP contribution in [0.1, 0.15) is 24.2 Å². The topological polar surface area (TPSA) is 99.9 Å². The Balaban J connectivity index is 2.77. The number of carboxylic acid groups (broad SMARTS) is 1. The number of aliphatic carboxylic acids is 1. The molecule has 2 amide bonds. The highest BCUT2D eigenvalue weighted by molar-refractivity contribution is 5.96. The van der Waals surface area contributed by atoms with Gasteiger partial charge >= 0.3 is 5.97 Å². The van der Waals surface area contributed by atoms with Crippen molar-refractivity contribution in [3.05, 3.63) is 24.2 Å². The minimum atomic E-state index is -1.11. The smallest absolute Gasteiger partial charge is 0.326 e. The van der Waals surface area contributed by atoms with Gasteiger partial charge in [0.15, 0.2) is 0 Å². The van der Waals surface area contributed by atoms with E-state index in [4.69, 9.17) is 9.52 Å². The van der Waals surface area contributed by atoms with Crippen LogP contribution < -0.4 is 5.32 Å². The molecule has 0 saturated heterocycles. The van der Waals surface area contributed by atoms with Crippen molar-refractivity contribution in [2.45, 2.75) is 19.9 Å². The fraction of sp³-hybridized carbons (Fsp3) is 0.417. The van der Waals surface area contributed by atoms with E-state index in [1.54, 1.807) is 0 Å². The van der Waals surface area contributed by atoms with Gasteiger partial charge in [0.05, 0.1) is 11.8 Å². The maximum absolute atomic E-state index is 12.1. The first-order valence-electron chi connectivity index (χ1n) is 5.74. The standard InChI is InChI=1S/C12H16N2O5/c1-8(12(17)18)14(5-4-13-9(2)15)11(16)10-3-6-19-7-10/h3,6-8H,4-5H2,1-2H3,(H,13,15)(H,17,18). The summed E-state index contributed by atoms with van der Waals surface area (Å²) < 4.78 is 4.80. The van der Waals surface area contributed by atoms with E-state index in [-0.39, 0.29) is 24.6 Å². The summed E-state index contributed by atoms with van der Waals surface area (Å²) in [5.41, 5.74) is 0.274.